The monoisotopic (exact) mass is 360 g/mol. The lowest BCUT2D eigenvalue weighted by atomic mass is 10.2. The number of halogens is 2. The Bertz CT molecular complexity index is 849. The SMILES string of the molecule is O=C(NCc1ccc(Cl)cc1Cl)Nc1ccn(-c2ccccc2)n1. The third-order valence-electron chi connectivity index (χ3n) is 3.31. The molecule has 2 aromatic carbocycles. The summed E-state index contributed by atoms with van der Waals surface area (Å²) in [5.41, 5.74) is 1.70. The largest absolute Gasteiger partial charge is 0.334 e. The predicted octanol–water partition coefficient (Wildman–Crippen LogP) is 4.50. The quantitative estimate of drug-likeness (QED) is 0.719. The fraction of sp³-hybridized carbons (Fsp3) is 0.0588. The second kappa shape index (κ2) is 7.38. The van der Waals surface area contributed by atoms with E-state index in [1.165, 1.54) is 0 Å². The molecule has 0 unspecified atom stereocenters. The molecule has 0 aliphatic carbocycles. The minimum Gasteiger partial charge on any atom is -0.334 e. The van der Waals surface area contributed by atoms with Crippen molar-refractivity contribution in [1.82, 2.24) is 15.1 Å². The van der Waals surface area contributed by atoms with Crippen LogP contribution in [0.5, 0.6) is 0 Å². The Morgan fingerprint density at radius 1 is 1.08 bits per heavy atom. The van der Waals surface area contributed by atoms with Gasteiger partial charge in [-0.05, 0) is 29.8 Å². The highest BCUT2D eigenvalue weighted by molar-refractivity contribution is 6.35. The minimum absolute atomic E-state index is 0.293. The van der Waals surface area contributed by atoms with E-state index < -0.39 is 0 Å². The highest BCUT2D eigenvalue weighted by Crippen LogP contribution is 2.20. The average molecular weight is 361 g/mol. The Labute approximate surface area is 149 Å². The fourth-order valence-corrected chi connectivity index (χ4v) is 2.59. The molecule has 1 heterocycles. The Hall–Kier alpha value is -2.50. The number of urea groups is 1. The summed E-state index contributed by atoms with van der Waals surface area (Å²) in [5, 5.41) is 10.8. The summed E-state index contributed by atoms with van der Waals surface area (Å²) in [6.45, 7) is 0.293. The molecule has 0 bridgehead atoms. The van der Waals surface area contributed by atoms with Gasteiger partial charge in [0, 0.05) is 28.9 Å². The summed E-state index contributed by atoms with van der Waals surface area (Å²) in [4.78, 5) is 12.0. The van der Waals surface area contributed by atoms with Gasteiger partial charge in [0.25, 0.3) is 0 Å². The molecule has 5 nitrogen and oxygen atoms in total. The number of hydrogen-bond acceptors (Lipinski definition) is 2. The lowest BCUT2D eigenvalue weighted by Gasteiger charge is -2.07. The van der Waals surface area contributed by atoms with Crippen molar-refractivity contribution >= 4 is 35.1 Å². The number of para-hydroxylation sites is 1. The topological polar surface area (TPSA) is 59.0 Å². The first-order valence-corrected chi connectivity index (χ1v) is 7.97. The maximum atomic E-state index is 12.0. The first kappa shape index (κ1) is 16.4. The molecule has 0 atom stereocenters. The Balaban J connectivity index is 1.58. The second-order valence-corrected chi connectivity index (χ2v) is 5.87. The maximum absolute atomic E-state index is 12.0. The summed E-state index contributed by atoms with van der Waals surface area (Å²) in [6.07, 6.45) is 1.78. The Morgan fingerprint density at radius 3 is 2.62 bits per heavy atom. The van der Waals surface area contributed by atoms with Gasteiger partial charge in [-0.25, -0.2) is 9.48 Å². The second-order valence-electron chi connectivity index (χ2n) is 5.02. The van der Waals surface area contributed by atoms with E-state index in [1.807, 2.05) is 30.3 Å². The number of carbonyl (C=O) groups is 1. The summed E-state index contributed by atoms with van der Waals surface area (Å²) < 4.78 is 1.69. The van der Waals surface area contributed by atoms with Gasteiger partial charge in [0.15, 0.2) is 5.82 Å². The minimum atomic E-state index is -0.362. The molecule has 7 heteroatoms. The fourth-order valence-electron chi connectivity index (χ4n) is 2.12. The first-order valence-electron chi connectivity index (χ1n) is 7.22. The van der Waals surface area contributed by atoms with E-state index in [1.54, 1.807) is 35.1 Å². The zero-order valence-corrected chi connectivity index (χ0v) is 14.1. The molecule has 0 spiro atoms. The van der Waals surface area contributed by atoms with Crippen molar-refractivity contribution in [2.75, 3.05) is 5.32 Å². The number of rotatable bonds is 4. The maximum Gasteiger partial charge on any atom is 0.320 e. The molecule has 3 aromatic rings. The summed E-state index contributed by atoms with van der Waals surface area (Å²) in [5.74, 6) is 0.457. The van der Waals surface area contributed by atoms with Crippen LogP contribution < -0.4 is 10.6 Å². The molecule has 0 radical (unpaired) electrons. The van der Waals surface area contributed by atoms with Gasteiger partial charge in [0.05, 0.1) is 5.69 Å². The van der Waals surface area contributed by atoms with Crippen LogP contribution in [0.25, 0.3) is 5.69 Å². The van der Waals surface area contributed by atoms with Crippen LogP contribution in [0.15, 0.2) is 60.8 Å². The molecular weight excluding hydrogens is 347 g/mol. The molecule has 3 rings (SSSR count). The summed E-state index contributed by atoms with van der Waals surface area (Å²) in [6, 6.07) is 16.1. The van der Waals surface area contributed by atoms with Crippen LogP contribution in [0.3, 0.4) is 0 Å². The lowest BCUT2D eigenvalue weighted by molar-refractivity contribution is 0.251. The van der Waals surface area contributed by atoms with Gasteiger partial charge in [0.2, 0.25) is 0 Å². The molecule has 0 fully saturated rings. The smallest absolute Gasteiger partial charge is 0.320 e. The van der Waals surface area contributed by atoms with E-state index in [0.29, 0.717) is 22.4 Å². The van der Waals surface area contributed by atoms with Crippen molar-refractivity contribution in [3.8, 4) is 5.69 Å². The molecular formula is C17H14Cl2N4O. The predicted molar refractivity (Wildman–Crippen MR) is 95.9 cm³/mol. The van der Waals surface area contributed by atoms with E-state index in [9.17, 15) is 4.79 Å². The van der Waals surface area contributed by atoms with Gasteiger partial charge < -0.3 is 5.32 Å². The standard InChI is InChI=1S/C17H14Cl2N4O/c18-13-7-6-12(15(19)10-13)11-20-17(24)21-16-8-9-23(22-16)14-4-2-1-3-5-14/h1-10H,11H2,(H2,20,21,22,24). The molecule has 0 aliphatic heterocycles. The van der Waals surface area contributed by atoms with Crippen molar-refractivity contribution in [2.24, 2.45) is 0 Å². The van der Waals surface area contributed by atoms with Crippen LogP contribution in [0.2, 0.25) is 10.0 Å². The van der Waals surface area contributed by atoms with E-state index in [-0.39, 0.29) is 6.03 Å². The van der Waals surface area contributed by atoms with Crippen molar-refractivity contribution in [3.05, 3.63) is 76.4 Å². The zero-order valence-electron chi connectivity index (χ0n) is 12.5. The van der Waals surface area contributed by atoms with Crippen LogP contribution in [-0.4, -0.2) is 15.8 Å². The van der Waals surface area contributed by atoms with Crippen molar-refractivity contribution in [3.63, 3.8) is 0 Å². The van der Waals surface area contributed by atoms with Gasteiger partial charge in [0.1, 0.15) is 0 Å². The Morgan fingerprint density at radius 2 is 1.88 bits per heavy atom. The number of aromatic nitrogens is 2. The van der Waals surface area contributed by atoms with Crippen LogP contribution in [0, 0.1) is 0 Å². The zero-order chi connectivity index (χ0) is 16.9. The first-order chi connectivity index (χ1) is 11.6. The van der Waals surface area contributed by atoms with E-state index in [2.05, 4.69) is 15.7 Å². The van der Waals surface area contributed by atoms with E-state index >= 15 is 0 Å². The van der Waals surface area contributed by atoms with Crippen LogP contribution in [0.1, 0.15) is 5.56 Å². The number of amides is 2. The van der Waals surface area contributed by atoms with Gasteiger partial charge in [-0.3, -0.25) is 5.32 Å². The van der Waals surface area contributed by atoms with E-state index in [4.69, 9.17) is 23.2 Å². The molecule has 1 aromatic heterocycles. The molecule has 0 aliphatic rings. The number of anilines is 1. The summed E-state index contributed by atoms with van der Waals surface area (Å²) in [7, 11) is 0. The highest BCUT2D eigenvalue weighted by Gasteiger charge is 2.07. The van der Waals surface area contributed by atoms with Crippen molar-refractivity contribution < 1.29 is 4.79 Å². The number of nitrogens with zero attached hydrogens (tertiary/aromatic N) is 2. The number of hydrogen-bond donors (Lipinski definition) is 2. The van der Waals surface area contributed by atoms with Crippen molar-refractivity contribution in [1.29, 1.82) is 0 Å². The van der Waals surface area contributed by atoms with Gasteiger partial charge in [-0.2, -0.15) is 0 Å². The van der Waals surface area contributed by atoms with Gasteiger partial charge in [-0.15, -0.1) is 5.10 Å². The van der Waals surface area contributed by atoms with Crippen LogP contribution in [-0.2, 0) is 6.54 Å². The lowest BCUT2D eigenvalue weighted by Crippen LogP contribution is -2.28. The van der Waals surface area contributed by atoms with Crippen LogP contribution in [0.4, 0.5) is 10.6 Å². The number of benzene rings is 2. The molecule has 122 valence electrons. The highest BCUT2D eigenvalue weighted by atomic mass is 35.5. The number of nitrogens with one attached hydrogen (secondary N) is 2. The summed E-state index contributed by atoms with van der Waals surface area (Å²) >= 11 is 11.9. The average Bonchev–Trinajstić information content (AvgIpc) is 3.03. The molecule has 2 amide bonds. The third-order valence-corrected chi connectivity index (χ3v) is 3.89. The Kier molecular flexibility index (Phi) is 5.03. The van der Waals surface area contributed by atoms with E-state index in [0.717, 1.165) is 11.3 Å². The molecule has 24 heavy (non-hydrogen) atoms. The normalized spacial score (nSPS) is 10.4. The number of carbonyl (C=O) groups excluding carboxylic acids is 1. The third kappa shape index (κ3) is 4.07. The van der Waals surface area contributed by atoms with Gasteiger partial charge in [-0.1, -0.05) is 47.5 Å². The molecule has 2 N–H and O–H groups in total. The molecule has 0 saturated heterocycles. The molecule has 0 saturated carbocycles. The van der Waals surface area contributed by atoms with Crippen LogP contribution >= 0.6 is 23.2 Å². The van der Waals surface area contributed by atoms with Crippen molar-refractivity contribution in [2.45, 2.75) is 6.54 Å². The van der Waals surface area contributed by atoms with Gasteiger partial charge >= 0.3 is 6.03 Å².